The maximum Gasteiger partial charge on any atom is 0.205 e. The third-order valence-electron chi connectivity index (χ3n) is 4.74. The van der Waals surface area contributed by atoms with Crippen LogP contribution >= 0.6 is 0 Å². The minimum atomic E-state index is 0.0892. The fourth-order valence-corrected chi connectivity index (χ4v) is 3.38. The van der Waals surface area contributed by atoms with Crippen LogP contribution in [0.4, 0.5) is 11.8 Å². The molecule has 1 aliphatic heterocycles. The number of aliphatic hydroxyl groups excluding tert-OH is 1. The van der Waals surface area contributed by atoms with Crippen LogP contribution in [0.25, 0.3) is 11.0 Å². The third-order valence-corrected chi connectivity index (χ3v) is 4.74. The average molecular weight is 352 g/mol. The standard InChI is InChI=1S/C19H24N6O/c26-14-9-21-19-22-16-5-1-2-6-17(16)25(19)15-23-10-12-24(13-11-23)18-7-3-4-8-20-18/h1-8,26H,9-15H2,(H,21,22). The lowest BCUT2D eigenvalue weighted by molar-refractivity contribution is 0.209. The maximum atomic E-state index is 9.13. The monoisotopic (exact) mass is 352 g/mol. The molecular formula is C19H24N6O. The van der Waals surface area contributed by atoms with Gasteiger partial charge in [-0.15, -0.1) is 0 Å². The van der Waals surface area contributed by atoms with Crippen molar-refractivity contribution in [2.45, 2.75) is 6.67 Å². The van der Waals surface area contributed by atoms with E-state index in [1.54, 1.807) is 0 Å². The molecule has 7 nitrogen and oxygen atoms in total. The minimum Gasteiger partial charge on any atom is -0.395 e. The smallest absolute Gasteiger partial charge is 0.205 e. The predicted octanol–water partition coefficient (Wildman–Crippen LogP) is 1.62. The molecule has 1 saturated heterocycles. The lowest BCUT2D eigenvalue weighted by Crippen LogP contribution is -2.47. The molecule has 3 heterocycles. The number of para-hydroxylation sites is 2. The van der Waals surface area contributed by atoms with Gasteiger partial charge in [-0.3, -0.25) is 9.47 Å². The first-order chi connectivity index (χ1) is 12.8. The molecule has 0 aliphatic carbocycles. The van der Waals surface area contributed by atoms with Gasteiger partial charge in [-0.1, -0.05) is 18.2 Å². The third kappa shape index (κ3) is 3.49. The fourth-order valence-electron chi connectivity index (χ4n) is 3.38. The molecule has 3 aromatic rings. The molecule has 0 unspecified atom stereocenters. The Morgan fingerprint density at radius 1 is 1.00 bits per heavy atom. The predicted molar refractivity (Wildman–Crippen MR) is 103 cm³/mol. The summed E-state index contributed by atoms with van der Waals surface area (Å²) >= 11 is 0. The number of piperazine rings is 1. The number of aliphatic hydroxyl groups is 1. The van der Waals surface area contributed by atoms with E-state index in [0.717, 1.165) is 55.6 Å². The summed E-state index contributed by atoms with van der Waals surface area (Å²) in [4.78, 5) is 13.9. The van der Waals surface area contributed by atoms with Crippen molar-refractivity contribution < 1.29 is 5.11 Å². The number of nitrogens with zero attached hydrogens (tertiary/aromatic N) is 5. The van der Waals surface area contributed by atoms with Crippen LogP contribution in [-0.2, 0) is 6.67 Å². The molecule has 1 aliphatic rings. The van der Waals surface area contributed by atoms with Crippen LogP contribution in [0.1, 0.15) is 0 Å². The highest BCUT2D eigenvalue weighted by Gasteiger charge is 2.20. The Kier molecular flexibility index (Phi) is 4.99. The molecule has 136 valence electrons. The highest BCUT2D eigenvalue weighted by molar-refractivity contribution is 5.78. The summed E-state index contributed by atoms with van der Waals surface area (Å²) < 4.78 is 2.20. The molecule has 7 heteroatoms. The summed E-state index contributed by atoms with van der Waals surface area (Å²) in [7, 11) is 0. The normalized spacial score (nSPS) is 15.5. The van der Waals surface area contributed by atoms with Crippen LogP contribution in [0.15, 0.2) is 48.7 Å². The van der Waals surface area contributed by atoms with Gasteiger partial charge in [0, 0.05) is 38.9 Å². The number of benzene rings is 1. The van der Waals surface area contributed by atoms with Crippen molar-refractivity contribution in [3.05, 3.63) is 48.7 Å². The first-order valence-electron chi connectivity index (χ1n) is 9.03. The Morgan fingerprint density at radius 3 is 2.58 bits per heavy atom. The minimum absolute atomic E-state index is 0.0892. The van der Waals surface area contributed by atoms with Gasteiger partial charge in [0.15, 0.2) is 0 Å². The Bertz CT molecular complexity index is 842. The summed E-state index contributed by atoms with van der Waals surface area (Å²) in [5, 5.41) is 12.4. The SMILES string of the molecule is OCCNc1nc2ccccc2n1CN1CCN(c2ccccn2)CC1. The second kappa shape index (κ2) is 7.72. The van der Waals surface area contributed by atoms with Gasteiger partial charge in [0.1, 0.15) is 5.82 Å². The molecule has 1 fully saturated rings. The summed E-state index contributed by atoms with van der Waals surface area (Å²) in [6.45, 7) is 5.24. The van der Waals surface area contributed by atoms with E-state index in [9.17, 15) is 0 Å². The van der Waals surface area contributed by atoms with Crippen molar-refractivity contribution in [1.82, 2.24) is 19.4 Å². The molecule has 4 rings (SSSR count). The molecule has 1 aromatic carbocycles. The Morgan fingerprint density at radius 2 is 1.81 bits per heavy atom. The van der Waals surface area contributed by atoms with Crippen LogP contribution in [-0.4, -0.2) is 63.9 Å². The first kappa shape index (κ1) is 16.8. The molecule has 26 heavy (non-hydrogen) atoms. The topological polar surface area (TPSA) is 69.5 Å². The number of hydrogen-bond donors (Lipinski definition) is 2. The molecular weight excluding hydrogens is 328 g/mol. The molecule has 0 radical (unpaired) electrons. The van der Waals surface area contributed by atoms with Gasteiger partial charge in [-0.2, -0.15) is 0 Å². The zero-order chi connectivity index (χ0) is 17.8. The number of rotatable bonds is 6. The van der Waals surface area contributed by atoms with Gasteiger partial charge in [0.05, 0.1) is 24.3 Å². The van der Waals surface area contributed by atoms with Crippen molar-refractivity contribution in [1.29, 1.82) is 0 Å². The summed E-state index contributed by atoms with van der Waals surface area (Å²) in [5.74, 6) is 1.86. The number of nitrogens with one attached hydrogen (secondary N) is 1. The molecule has 0 bridgehead atoms. The molecule has 2 N–H and O–H groups in total. The number of imidazole rings is 1. The van der Waals surface area contributed by atoms with Gasteiger partial charge in [-0.25, -0.2) is 9.97 Å². The second-order valence-electron chi connectivity index (χ2n) is 6.44. The Balaban J connectivity index is 1.47. The van der Waals surface area contributed by atoms with E-state index in [4.69, 9.17) is 5.11 Å². The molecule has 0 amide bonds. The van der Waals surface area contributed by atoms with Crippen molar-refractivity contribution >= 4 is 22.8 Å². The quantitative estimate of drug-likeness (QED) is 0.703. The highest BCUT2D eigenvalue weighted by atomic mass is 16.3. The van der Waals surface area contributed by atoms with Gasteiger partial charge in [-0.05, 0) is 24.3 Å². The summed E-state index contributed by atoms with van der Waals surface area (Å²) in [6, 6.07) is 14.2. The fraction of sp³-hybridized carbons (Fsp3) is 0.368. The molecule has 0 spiro atoms. The lowest BCUT2D eigenvalue weighted by Gasteiger charge is -2.35. The van der Waals surface area contributed by atoms with E-state index in [1.165, 1.54) is 0 Å². The zero-order valence-corrected chi connectivity index (χ0v) is 14.8. The number of hydrogen-bond acceptors (Lipinski definition) is 6. The van der Waals surface area contributed by atoms with Crippen LogP contribution in [0.3, 0.4) is 0 Å². The number of fused-ring (bicyclic) bond motifs is 1. The van der Waals surface area contributed by atoms with Crippen LogP contribution in [0.2, 0.25) is 0 Å². The molecule has 0 atom stereocenters. The average Bonchev–Trinajstić information content (AvgIpc) is 3.05. The summed E-state index contributed by atoms with van der Waals surface area (Å²) in [6.07, 6.45) is 1.85. The van der Waals surface area contributed by atoms with E-state index >= 15 is 0 Å². The number of aromatic nitrogens is 3. The van der Waals surface area contributed by atoms with E-state index in [1.807, 2.05) is 36.5 Å². The van der Waals surface area contributed by atoms with Gasteiger partial charge >= 0.3 is 0 Å². The van der Waals surface area contributed by atoms with Crippen LogP contribution in [0.5, 0.6) is 0 Å². The first-order valence-corrected chi connectivity index (χ1v) is 9.03. The van der Waals surface area contributed by atoms with Crippen molar-refractivity contribution in [2.24, 2.45) is 0 Å². The van der Waals surface area contributed by atoms with E-state index in [-0.39, 0.29) is 6.61 Å². The van der Waals surface area contributed by atoms with E-state index in [2.05, 4.69) is 41.8 Å². The van der Waals surface area contributed by atoms with Gasteiger partial charge < -0.3 is 15.3 Å². The Labute approximate surface area is 152 Å². The molecule has 0 saturated carbocycles. The number of pyridine rings is 1. The van der Waals surface area contributed by atoms with Crippen molar-refractivity contribution in [3.63, 3.8) is 0 Å². The lowest BCUT2D eigenvalue weighted by atomic mass is 10.3. The number of anilines is 2. The Hall–Kier alpha value is -2.64. The van der Waals surface area contributed by atoms with Crippen molar-refractivity contribution in [3.8, 4) is 0 Å². The van der Waals surface area contributed by atoms with E-state index in [0.29, 0.717) is 6.54 Å². The van der Waals surface area contributed by atoms with E-state index < -0.39 is 0 Å². The van der Waals surface area contributed by atoms with Crippen LogP contribution < -0.4 is 10.2 Å². The second-order valence-corrected chi connectivity index (χ2v) is 6.44. The van der Waals surface area contributed by atoms with Crippen LogP contribution in [0, 0.1) is 0 Å². The highest BCUT2D eigenvalue weighted by Crippen LogP contribution is 2.21. The maximum absolute atomic E-state index is 9.13. The van der Waals surface area contributed by atoms with Gasteiger partial charge in [0.2, 0.25) is 5.95 Å². The summed E-state index contributed by atoms with van der Waals surface area (Å²) in [5.41, 5.74) is 2.08. The zero-order valence-electron chi connectivity index (χ0n) is 14.8. The largest absolute Gasteiger partial charge is 0.395 e. The molecule has 2 aromatic heterocycles. The van der Waals surface area contributed by atoms with Gasteiger partial charge in [0.25, 0.3) is 0 Å². The van der Waals surface area contributed by atoms with Crippen molar-refractivity contribution in [2.75, 3.05) is 49.5 Å².